The Bertz CT molecular complexity index is 620. The molecule has 5 heteroatoms. The molecule has 0 saturated heterocycles. The maximum absolute atomic E-state index is 14.0. The third-order valence-electron chi connectivity index (χ3n) is 5.18. The molecule has 1 aliphatic rings. The molecule has 1 aliphatic carbocycles. The van der Waals surface area contributed by atoms with Crippen LogP contribution in [0.3, 0.4) is 0 Å². The van der Waals surface area contributed by atoms with E-state index in [1.165, 1.54) is 32.1 Å². The summed E-state index contributed by atoms with van der Waals surface area (Å²) in [6.07, 6.45) is 5.21. The van der Waals surface area contributed by atoms with Gasteiger partial charge >= 0.3 is 6.18 Å². The molecule has 0 heterocycles. The largest absolute Gasteiger partial charge is 0.458 e. The summed E-state index contributed by atoms with van der Waals surface area (Å²) in [5.41, 5.74) is -0.280. The van der Waals surface area contributed by atoms with Crippen molar-refractivity contribution < 1.29 is 22.0 Å². The van der Waals surface area contributed by atoms with E-state index < -0.39 is 23.4 Å². The number of halogens is 5. The second kappa shape index (κ2) is 9.39. The van der Waals surface area contributed by atoms with Gasteiger partial charge in [-0.2, -0.15) is 13.2 Å². The molecule has 0 unspecified atom stereocenters. The topological polar surface area (TPSA) is 0 Å². The van der Waals surface area contributed by atoms with Gasteiger partial charge < -0.3 is 0 Å². The average molecular weight is 372 g/mol. The Morgan fingerprint density at radius 2 is 1.58 bits per heavy atom. The summed E-state index contributed by atoms with van der Waals surface area (Å²) >= 11 is 0. The molecule has 0 spiro atoms. The second-order valence-electron chi connectivity index (χ2n) is 7.17. The van der Waals surface area contributed by atoms with E-state index in [1.54, 1.807) is 5.92 Å². The summed E-state index contributed by atoms with van der Waals surface area (Å²) in [5, 5.41) is 0. The standard InChI is InChI=1S/C21H25F5/c1-2-3-4-5-6-15-7-9-16(10-8-15)17-13-19(22)18(20(23)14-17)11-12-21(24,25)26/h13-16H,2-10H2,1H3. The molecule has 0 atom stereocenters. The molecule has 0 bridgehead atoms. The zero-order valence-electron chi connectivity index (χ0n) is 15.1. The van der Waals surface area contributed by atoms with E-state index in [9.17, 15) is 22.0 Å². The highest BCUT2D eigenvalue weighted by atomic mass is 19.4. The van der Waals surface area contributed by atoms with Gasteiger partial charge in [-0.3, -0.25) is 0 Å². The smallest absolute Gasteiger partial charge is 0.206 e. The first kappa shape index (κ1) is 20.7. The first-order valence-electron chi connectivity index (χ1n) is 9.39. The minimum Gasteiger partial charge on any atom is -0.206 e. The first-order chi connectivity index (χ1) is 12.3. The summed E-state index contributed by atoms with van der Waals surface area (Å²) in [6.45, 7) is 2.18. The first-order valence-corrected chi connectivity index (χ1v) is 9.39. The molecule has 1 fully saturated rings. The van der Waals surface area contributed by atoms with Crippen LogP contribution >= 0.6 is 0 Å². The van der Waals surface area contributed by atoms with Crippen molar-refractivity contribution in [3.05, 3.63) is 34.9 Å². The highest BCUT2D eigenvalue weighted by Gasteiger charge is 2.25. The number of unbranched alkanes of at least 4 members (excludes halogenated alkanes) is 3. The zero-order valence-corrected chi connectivity index (χ0v) is 15.1. The van der Waals surface area contributed by atoms with Gasteiger partial charge in [0.1, 0.15) is 11.6 Å². The van der Waals surface area contributed by atoms with Crippen LogP contribution in [0.5, 0.6) is 0 Å². The Balaban J connectivity index is 1.97. The van der Waals surface area contributed by atoms with E-state index in [0.29, 0.717) is 11.5 Å². The number of hydrogen-bond acceptors (Lipinski definition) is 0. The van der Waals surface area contributed by atoms with Gasteiger partial charge in [-0.1, -0.05) is 44.9 Å². The van der Waals surface area contributed by atoms with Crippen LogP contribution in [0.15, 0.2) is 12.1 Å². The minimum atomic E-state index is -4.77. The van der Waals surface area contributed by atoms with Gasteiger partial charge in [0.2, 0.25) is 0 Å². The third-order valence-corrected chi connectivity index (χ3v) is 5.18. The van der Waals surface area contributed by atoms with Crippen molar-refractivity contribution in [2.45, 2.75) is 76.8 Å². The van der Waals surface area contributed by atoms with Gasteiger partial charge in [-0.05, 0) is 55.2 Å². The average Bonchev–Trinajstić information content (AvgIpc) is 2.57. The van der Waals surface area contributed by atoms with Crippen molar-refractivity contribution in [3.63, 3.8) is 0 Å². The zero-order chi connectivity index (χ0) is 19.2. The Labute approximate surface area is 152 Å². The molecule has 1 aromatic carbocycles. The molecule has 0 aromatic heterocycles. The van der Waals surface area contributed by atoms with Gasteiger partial charge in [0.15, 0.2) is 0 Å². The Morgan fingerprint density at radius 3 is 2.12 bits per heavy atom. The molecule has 144 valence electrons. The van der Waals surface area contributed by atoms with Crippen molar-refractivity contribution in [1.82, 2.24) is 0 Å². The van der Waals surface area contributed by atoms with E-state index >= 15 is 0 Å². The Morgan fingerprint density at radius 1 is 0.962 bits per heavy atom. The van der Waals surface area contributed by atoms with Crippen LogP contribution in [0.25, 0.3) is 0 Å². The van der Waals surface area contributed by atoms with Crippen molar-refractivity contribution >= 4 is 0 Å². The van der Waals surface area contributed by atoms with Crippen LogP contribution in [0.2, 0.25) is 0 Å². The lowest BCUT2D eigenvalue weighted by Gasteiger charge is -2.29. The SMILES string of the molecule is CCCCCCC1CCC(c2cc(F)c(C#CC(F)(F)F)c(F)c2)CC1. The fraction of sp³-hybridized carbons (Fsp3) is 0.619. The second-order valence-corrected chi connectivity index (χ2v) is 7.17. The predicted molar refractivity (Wildman–Crippen MR) is 92.7 cm³/mol. The van der Waals surface area contributed by atoms with Crippen LogP contribution in [-0.2, 0) is 0 Å². The Kier molecular flexibility index (Phi) is 7.49. The predicted octanol–water partition coefficient (Wildman–Crippen LogP) is 7.12. The molecular weight excluding hydrogens is 347 g/mol. The van der Waals surface area contributed by atoms with Crippen molar-refractivity contribution in [1.29, 1.82) is 0 Å². The minimum absolute atomic E-state index is 0.0653. The quantitative estimate of drug-likeness (QED) is 0.283. The lowest BCUT2D eigenvalue weighted by atomic mass is 9.77. The van der Waals surface area contributed by atoms with Gasteiger partial charge in [0.25, 0.3) is 0 Å². The van der Waals surface area contributed by atoms with Crippen molar-refractivity contribution in [3.8, 4) is 11.8 Å². The van der Waals surface area contributed by atoms with Crippen LogP contribution in [0, 0.1) is 29.4 Å². The van der Waals surface area contributed by atoms with E-state index in [-0.39, 0.29) is 5.92 Å². The summed E-state index contributed by atoms with van der Waals surface area (Å²) in [6, 6.07) is 2.30. The van der Waals surface area contributed by atoms with Crippen LogP contribution in [0.4, 0.5) is 22.0 Å². The number of benzene rings is 1. The molecular formula is C21H25F5. The molecule has 0 amide bonds. The lowest BCUT2D eigenvalue weighted by Crippen LogP contribution is -2.14. The monoisotopic (exact) mass is 372 g/mol. The molecule has 0 radical (unpaired) electrons. The van der Waals surface area contributed by atoms with Crippen LogP contribution in [0.1, 0.15) is 81.8 Å². The molecule has 1 aromatic rings. The van der Waals surface area contributed by atoms with Crippen LogP contribution in [-0.4, -0.2) is 6.18 Å². The van der Waals surface area contributed by atoms with E-state index in [1.807, 2.05) is 0 Å². The van der Waals surface area contributed by atoms with Gasteiger partial charge in [-0.25, -0.2) is 8.78 Å². The molecule has 0 N–H and O–H groups in total. The van der Waals surface area contributed by atoms with Crippen molar-refractivity contribution in [2.24, 2.45) is 5.92 Å². The van der Waals surface area contributed by atoms with E-state index in [0.717, 1.165) is 43.7 Å². The van der Waals surface area contributed by atoms with Gasteiger partial charge in [0, 0.05) is 5.92 Å². The maximum atomic E-state index is 14.0. The highest BCUT2D eigenvalue weighted by Crippen LogP contribution is 2.38. The summed E-state index contributed by atoms with van der Waals surface area (Å²) < 4.78 is 64.5. The number of alkyl halides is 3. The molecule has 0 aliphatic heterocycles. The number of hydrogen-bond donors (Lipinski definition) is 0. The van der Waals surface area contributed by atoms with Crippen molar-refractivity contribution in [2.75, 3.05) is 0 Å². The van der Waals surface area contributed by atoms with E-state index in [2.05, 4.69) is 6.92 Å². The summed E-state index contributed by atoms with van der Waals surface area (Å²) in [4.78, 5) is 0. The lowest BCUT2D eigenvalue weighted by molar-refractivity contribution is -0.0696. The summed E-state index contributed by atoms with van der Waals surface area (Å²) in [5.74, 6) is 1.20. The molecule has 2 rings (SSSR count). The molecule has 0 nitrogen and oxygen atoms in total. The fourth-order valence-corrected chi connectivity index (χ4v) is 3.73. The van der Waals surface area contributed by atoms with Gasteiger partial charge in [0.05, 0.1) is 5.56 Å². The fourth-order valence-electron chi connectivity index (χ4n) is 3.73. The molecule has 1 saturated carbocycles. The normalized spacial score (nSPS) is 20.5. The third kappa shape index (κ3) is 6.30. The molecule has 26 heavy (non-hydrogen) atoms. The number of rotatable bonds is 6. The highest BCUT2D eigenvalue weighted by molar-refractivity contribution is 5.40. The van der Waals surface area contributed by atoms with Crippen LogP contribution < -0.4 is 0 Å². The summed E-state index contributed by atoms with van der Waals surface area (Å²) in [7, 11) is 0. The van der Waals surface area contributed by atoms with E-state index in [4.69, 9.17) is 0 Å². The Hall–Kier alpha value is -1.57. The maximum Gasteiger partial charge on any atom is 0.458 e. The van der Waals surface area contributed by atoms with Gasteiger partial charge in [-0.15, -0.1) is 0 Å².